The van der Waals surface area contributed by atoms with Crippen LogP contribution >= 0.6 is 0 Å². The van der Waals surface area contributed by atoms with E-state index in [9.17, 15) is 23.1 Å². The summed E-state index contributed by atoms with van der Waals surface area (Å²) in [6.45, 7) is 6.60. The topological polar surface area (TPSA) is 64.3 Å². The minimum atomic E-state index is -4.62. The number of benzene rings is 1. The fourth-order valence-electron chi connectivity index (χ4n) is 3.30. The van der Waals surface area contributed by atoms with E-state index in [0.717, 1.165) is 0 Å². The molecule has 2 aromatic rings. The lowest BCUT2D eigenvalue weighted by molar-refractivity contribution is -0.139. The van der Waals surface area contributed by atoms with Crippen LogP contribution < -0.4 is 0 Å². The summed E-state index contributed by atoms with van der Waals surface area (Å²) in [7, 11) is 1.24. The summed E-state index contributed by atoms with van der Waals surface area (Å²) in [5, 5.41) is 9.39. The lowest BCUT2D eigenvalue weighted by Crippen LogP contribution is -2.22. The second-order valence-electron chi connectivity index (χ2n) is 7.52. The zero-order valence-corrected chi connectivity index (χ0v) is 16.6. The Balaban J connectivity index is 2.74. The Morgan fingerprint density at radius 1 is 1.21 bits per heavy atom. The first-order chi connectivity index (χ1) is 13.0. The molecule has 0 unspecified atom stereocenters. The molecule has 0 amide bonds. The van der Waals surface area contributed by atoms with Crippen LogP contribution in [0.25, 0.3) is 0 Å². The molecule has 0 aliphatic carbocycles. The third-order valence-electron chi connectivity index (χ3n) is 4.48. The van der Waals surface area contributed by atoms with Crippen LogP contribution in [0.1, 0.15) is 66.4 Å². The molecule has 0 spiro atoms. The summed E-state index contributed by atoms with van der Waals surface area (Å²) in [6, 6.07) is 4.12. The highest BCUT2D eigenvalue weighted by Gasteiger charge is 2.37. The number of rotatable bonds is 5. The first kappa shape index (κ1) is 21.9. The Morgan fingerprint density at radius 2 is 1.82 bits per heavy atom. The minimum Gasteiger partial charge on any atom is -0.464 e. The quantitative estimate of drug-likeness (QED) is 0.771. The summed E-state index contributed by atoms with van der Waals surface area (Å²) in [5.74, 6) is -0.131. The van der Waals surface area contributed by atoms with Gasteiger partial charge in [-0.25, -0.2) is 9.78 Å². The molecule has 0 saturated carbocycles. The number of alkyl halides is 3. The molecular formula is C20H25F3N2O3. The second kappa shape index (κ2) is 7.95. The van der Waals surface area contributed by atoms with E-state index < -0.39 is 29.7 Å². The van der Waals surface area contributed by atoms with E-state index in [1.165, 1.54) is 25.3 Å². The molecule has 8 heteroatoms. The van der Waals surface area contributed by atoms with Gasteiger partial charge in [0.1, 0.15) is 5.82 Å². The fraction of sp³-hybridized carbons (Fsp3) is 0.500. The lowest BCUT2D eigenvalue weighted by atomic mass is 9.95. The third-order valence-corrected chi connectivity index (χ3v) is 4.48. The van der Waals surface area contributed by atoms with Gasteiger partial charge in [0.25, 0.3) is 0 Å². The molecule has 0 aliphatic rings. The first-order valence-electron chi connectivity index (χ1n) is 8.92. The van der Waals surface area contributed by atoms with E-state index in [1.54, 1.807) is 11.5 Å². The molecule has 1 aromatic heterocycles. The molecule has 0 atom stereocenters. The van der Waals surface area contributed by atoms with Gasteiger partial charge in [0.05, 0.1) is 25.0 Å². The number of aliphatic hydroxyl groups excluding tert-OH is 1. The number of nitrogens with zero attached hydrogens (tertiary/aromatic N) is 2. The van der Waals surface area contributed by atoms with Crippen LogP contribution in [0.5, 0.6) is 0 Å². The molecule has 0 fully saturated rings. The van der Waals surface area contributed by atoms with E-state index >= 15 is 0 Å². The molecule has 2 rings (SSSR count). The predicted octanol–water partition coefficient (Wildman–Crippen LogP) is 4.09. The third kappa shape index (κ3) is 4.22. The van der Waals surface area contributed by atoms with Crippen LogP contribution in [-0.4, -0.2) is 27.7 Å². The summed E-state index contributed by atoms with van der Waals surface area (Å²) < 4.78 is 47.5. The maximum absolute atomic E-state index is 13.7. The Kier molecular flexibility index (Phi) is 6.23. The molecule has 0 bridgehead atoms. The number of imidazole rings is 1. The molecule has 154 valence electrons. The van der Waals surface area contributed by atoms with Gasteiger partial charge < -0.3 is 14.4 Å². The van der Waals surface area contributed by atoms with Gasteiger partial charge in [-0.1, -0.05) is 45.9 Å². The van der Waals surface area contributed by atoms with Crippen molar-refractivity contribution in [1.29, 1.82) is 0 Å². The Hall–Kier alpha value is -2.35. The molecule has 5 nitrogen and oxygen atoms in total. The van der Waals surface area contributed by atoms with Crippen molar-refractivity contribution >= 4 is 5.97 Å². The summed E-state index contributed by atoms with van der Waals surface area (Å²) >= 11 is 0. The monoisotopic (exact) mass is 398 g/mol. The normalized spacial score (nSPS) is 12.3. The zero-order valence-electron chi connectivity index (χ0n) is 16.6. The van der Waals surface area contributed by atoms with Crippen LogP contribution in [0.15, 0.2) is 18.2 Å². The number of carbonyl (C=O) groups excluding carboxylic acids is 1. The van der Waals surface area contributed by atoms with Gasteiger partial charge in [-0.05, 0) is 17.5 Å². The van der Waals surface area contributed by atoms with Crippen molar-refractivity contribution in [3.63, 3.8) is 0 Å². The number of halogens is 3. The van der Waals surface area contributed by atoms with Crippen LogP contribution in [0.4, 0.5) is 13.2 Å². The smallest absolute Gasteiger partial charge is 0.417 e. The number of esters is 1. The fourth-order valence-corrected chi connectivity index (χ4v) is 3.30. The van der Waals surface area contributed by atoms with Crippen molar-refractivity contribution in [2.45, 2.75) is 58.9 Å². The summed E-state index contributed by atoms with van der Waals surface area (Å²) in [5.41, 5.74) is -0.918. The highest BCUT2D eigenvalue weighted by Crippen LogP contribution is 2.36. The largest absolute Gasteiger partial charge is 0.464 e. The maximum Gasteiger partial charge on any atom is 0.417 e. The van der Waals surface area contributed by atoms with Gasteiger partial charge in [-0.3, -0.25) is 0 Å². The van der Waals surface area contributed by atoms with Gasteiger partial charge in [0.15, 0.2) is 5.69 Å². The van der Waals surface area contributed by atoms with Crippen LogP contribution in [0.3, 0.4) is 0 Å². The number of methoxy groups -OCH3 is 1. The van der Waals surface area contributed by atoms with Crippen molar-refractivity contribution in [2.24, 2.45) is 0 Å². The molecule has 1 aromatic carbocycles. The molecule has 0 radical (unpaired) electrons. The molecular weight excluding hydrogens is 373 g/mol. The van der Waals surface area contributed by atoms with Gasteiger partial charge >= 0.3 is 12.1 Å². The highest BCUT2D eigenvalue weighted by molar-refractivity contribution is 5.88. The molecule has 1 heterocycles. The minimum absolute atomic E-state index is 0.00747. The van der Waals surface area contributed by atoms with Crippen LogP contribution in [0, 0.1) is 0 Å². The van der Waals surface area contributed by atoms with Crippen molar-refractivity contribution in [3.05, 3.63) is 52.1 Å². The van der Waals surface area contributed by atoms with E-state index in [2.05, 4.69) is 4.98 Å². The van der Waals surface area contributed by atoms with Gasteiger partial charge in [0, 0.05) is 12.0 Å². The molecule has 1 N–H and O–H groups in total. The Bertz CT molecular complexity index is 865. The Morgan fingerprint density at radius 3 is 2.29 bits per heavy atom. The van der Waals surface area contributed by atoms with E-state index in [1.807, 2.05) is 20.8 Å². The molecule has 0 aliphatic heterocycles. The predicted molar refractivity (Wildman–Crippen MR) is 98.1 cm³/mol. The Labute approximate surface area is 162 Å². The van der Waals surface area contributed by atoms with Gasteiger partial charge in [0.2, 0.25) is 0 Å². The van der Waals surface area contributed by atoms with Crippen molar-refractivity contribution in [2.75, 3.05) is 7.11 Å². The second-order valence-corrected chi connectivity index (χ2v) is 7.52. The van der Waals surface area contributed by atoms with E-state index in [4.69, 9.17) is 4.74 Å². The number of aliphatic hydroxyl groups is 1. The van der Waals surface area contributed by atoms with Crippen molar-refractivity contribution in [3.8, 4) is 0 Å². The molecule has 0 saturated heterocycles. The van der Waals surface area contributed by atoms with Crippen molar-refractivity contribution in [1.82, 2.24) is 9.55 Å². The SMILES string of the molecule is CCc1c(C(=O)OC)nc(C(C)(C)C)n1Cc1cccc(CO)c1C(F)(F)F. The number of aromatic nitrogens is 2. The number of hydrogen-bond acceptors (Lipinski definition) is 4. The lowest BCUT2D eigenvalue weighted by Gasteiger charge is -2.23. The highest BCUT2D eigenvalue weighted by atomic mass is 19.4. The average Bonchev–Trinajstić information content (AvgIpc) is 2.98. The average molecular weight is 398 g/mol. The van der Waals surface area contributed by atoms with Crippen molar-refractivity contribution < 1.29 is 27.8 Å². The van der Waals surface area contributed by atoms with E-state index in [-0.39, 0.29) is 23.4 Å². The van der Waals surface area contributed by atoms with Crippen LogP contribution in [-0.2, 0) is 35.9 Å². The van der Waals surface area contributed by atoms with Gasteiger partial charge in [-0.2, -0.15) is 13.2 Å². The van der Waals surface area contributed by atoms with E-state index in [0.29, 0.717) is 17.9 Å². The van der Waals surface area contributed by atoms with Gasteiger partial charge in [-0.15, -0.1) is 0 Å². The standard InChI is InChI=1S/C20H25F3N2O3/c1-6-14-16(17(27)28-5)24-18(19(2,3)4)25(14)10-12-8-7-9-13(11-26)15(12)20(21,22)23/h7-9,26H,6,10-11H2,1-5H3. The molecule has 28 heavy (non-hydrogen) atoms. The maximum atomic E-state index is 13.7. The number of carbonyl (C=O) groups is 1. The zero-order chi connectivity index (χ0) is 21.3. The first-order valence-corrected chi connectivity index (χ1v) is 8.92. The summed E-state index contributed by atoms with van der Waals surface area (Å²) in [6.07, 6.45) is -4.22. The number of hydrogen-bond donors (Lipinski definition) is 1. The summed E-state index contributed by atoms with van der Waals surface area (Å²) in [4.78, 5) is 16.6. The van der Waals surface area contributed by atoms with Crippen LogP contribution in [0.2, 0.25) is 0 Å². The number of ether oxygens (including phenoxy) is 1.